The normalized spacial score (nSPS) is 18.4. The number of hydrogen-bond acceptors (Lipinski definition) is 5. The molecule has 6 nitrogen and oxygen atoms in total. The van der Waals surface area contributed by atoms with E-state index in [0.29, 0.717) is 0 Å². The van der Waals surface area contributed by atoms with Crippen molar-refractivity contribution in [2.45, 2.75) is 19.5 Å². The first-order chi connectivity index (χ1) is 9.74. The fourth-order valence-corrected chi connectivity index (χ4v) is 2.60. The first-order valence-corrected chi connectivity index (χ1v) is 6.93. The predicted octanol–water partition coefficient (Wildman–Crippen LogP) is 1.51. The molecular weight excluding hydrogens is 323 g/mol. The van der Waals surface area contributed by atoms with Crippen LogP contribution in [0.2, 0.25) is 0 Å². The van der Waals surface area contributed by atoms with Crippen LogP contribution in [0.1, 0.15) is 23.3 Å². The number of nitrogens with one attached hydrogen (secondary N) is 1. The second-order valence-electron chi connectivity index (χ2n) is 5.24. The number of piperazine rings is 1. The van der Waals surface area contributed by atoms with Gasteiger partial charge in [-0.2, -0.15) is 0 Å². The molecule has 0 radical (unpaired) electrons. The summed E-state index contributed by atoms with van der Waals surface area (Å²) in [5.41, 5.74) is 1.96. The highest BCUT2D eigenvalue weighted by atomic mass is 35.5. The summed E-state index contributed by atoms with van der Waals surface area (Å²) < 4.78 is 2.09. The van der Waals surface area contributed by atoms with Crippen LogP contribution in [0.15, 0.2) is 24.8 Å². The second-order valence-corrected chi connectivity index (χ2v) is 5.24. The van der Waals surface area contributed by atoms with Crippen molar-refractivity contribution in [2.75, 3.05) is 19.6 Å². The van der Waals surface area contributed by atoms with Crippen LogP contribution in [-0.4, -0.2) is 44.1 Å². The molecule has 1 aliphatic heterocycles. The van der Waals surface area contributed by atoms with Crippen molar-refractivity contribution in [3.63, 3.8) is 0 Å². The zero-order chi connectivity index (χ0) is 13.9. The molecular formula is C14H22Cl2N6. The van der Waals surface area contributed by atoms with Crippen molar-refractivity contribution >= 4 is 24.8 Å². The molecule has 8 heteroatoms. The summed E-state index contributed by atoms with van der Waals surface area (Å²) in [6.45, 7) is 5.68. The van der Waals surface area contributed by atoms with Crippen molar-refractivity contribution in [3.05, 3.63) is 42.0 Å². The van der Waals surface area contributed by atoms with E-state index in [0.717, 1.165) is 43.4 Å². The Morgan fingerprint density at radius 2 is 2.05 bits per heavy atom. The van der Waals surface area contributed by atoms with E-state index in [1.807, 2.05) is 38.8 Å². The Bertz CT molecular complexity index is 571. The van der Waals surface area contributed by atoms with Gasteiger partial charge in [0, 0.05) is 58.0 Å². The zero-order valence-corrected chi connectivity index (χ0v) is 14.4. The van der Waals surface area contributed by atoms with Crippen LogP contribution in [0.5, 0.6) is 0 Å². The van der Waals surface area contributed by atoms with Gasteiger partial charge in [-0.25, -0.2) is 4.98 Å². The Morgan fingerprint density at radius 1 is 1.23 bits per heavy atom. The third-order valence-corrected chi connectivity index (χ3v) is 3.71. The van der Waals surface area contributed by atoms with E-state index in [-0.39, 0.29) is 30.9 Å². The fourth-order valence-electron chi connectivity index (χ4n) is 2.60. The van der Waals surface area contributed by atoms with Gasteiger partial charge in [0.2, 0.25) is 0 Å². The van der Waals surface area contributed by atoms with Crippen LogP contribution in [-0.2, 0) is 13.6 Å². The Hall–Kier alpha value is -1.21. The van der Waals surface area contributed by atoms with Crippen LogP contribution < -0.4 is 5.32 Å². The van der Waals surface area contributed by atoms with E-state index in [9.17, 15) is 0 Å². The number of imidazole rings is 1. The highest BCUT2D eigenvalue weighted by Crippen LogP contribution is 2.21. The van der Waals surface area contributed by atoms with E-state index in [1.54, 1.807) is 0 Å². The standard InChI is InChI=1S/C14H20N6.2ClH/c1-11-7-18-12(8-17-11)10-20-6-3-15-9-13(20)14-16-4-5-19(14)2;;/h4-5,7-8,13,15H,3,6,9-10H2,1-2H3;2*1H. The van der Waals surface area contributed by atoms with E-state index in [1.165, 1.54) is 0 Å². The van der Waals surface area contributed by atoms with E-state index in [4.69, 9.17) is 0 Å². The number of rotatable bonds is 3. The Kier molecular flexibility index (Phi) is 7.22. The first kappa shape index (κ1) is 18.8. The van der Waals surface area contributed by atoms with Gasteiger partial charge in [0.25, 0.3) is 0 Å². The molecule has 3 heterocycles. The van der Waals surface area contributed by atoms with Crippen LogP contribution in [0, 0.1) is 6.92 Å². The number of aryl methyl sites for hydroxylation is 2. The molecule has 22 heavy (non-hydrogen) atoms. The number of nitrogens with zero attached hydrogens (tertiary/aromatic N) is 5. The lowest BCUT2D eigenvalue weighted by atomic mass is 10.1. The third-order valence-electron chi connectivity index (χ3n) is 3.71. The quantitative estimate of drug-likeness (QED) is 0.914. The average Bonchev–Trinajstić information content (AvgIpc) is 2.88. The molecule has 122 valence electrons. The summed E-state index contributed by atoms with van der Waals surface area (Å²) in [5.74, 6) is 1.09. The molecule has 0 aliphatic carbocycles. The molecule has 1 fully saturated rings. The van der Waals surface area contributed by atoms with Crippen LogP contribution in [0.3, 0.4) is 0 Å². The lowest BCUT2D eigenvalue weighted by Crippen LogP contribution is -2.46. The molecule has 2 aromatic rings. The van der Waals surface area contributed by atoms with Gasteiger partial charge in [0.15, 0.2) is 0 Å². The summed E-state index contributed by atoms with van der Waals surface area (Å²) in [6, 6.07) is 0.284. The highest BCUT2D eigenvalue weighted by molar-refractivity contribution is 5.85. The summed E-state index contributed by atoms with van der Waals surface area (Å²) >= 11 is 0. The molecule has 1 saturated heterocycles. The average molecular weight is 345 g/mol. The summed E-state index contributed by atoms with van der Waals surface area (Å²) in [7, 11) is 2.04. The van der Waals surface area contributed by atoms with Gasteiger partial charge in [0.05, 0.1) is 17.4 Å². The van der Waals surface area contributed by atoms with Gasteiger partial charge >= 0.3 is 0 Å². The van der Waals surface area contributed by atoms with Crippen LogP contribution in [0.4, 0.5) is 0 Å². The highest BCUT2D eigenvalue weighted by Gasteiger charge is 2.26. The van der Waals surface area contributed by atoms with Gasteiger partial charge in [-0.3, -0.25) is 14.9 Å². The first-order valence-electron chi connectivity index (χ1n) is 6.93. The van der Waals surface area contributed by atoms with Crippen molar-refractivity contribution in [3.8, 4) is 0 Å². The molecule has 2 aromatic heterocycles. The molecule has 1 atom stereocenters. The maximum absolute atomic E-state index is 4.49. The van der Waals surface area contributed by atoms with Gasteiger partial charge in [0.1, 0.15) is 5.82 Å². The number of hydrogen-bond donors (Lipinski definition) is 1. The Morgan fingerprint density at radius 3 is 2.68 bits per heavy atom. The monoisotopic (exact) mass is 344 g/mol. The maximum atomic E-state index is 4.49. The summed E-state index contributed by atoms with van der Waals surface area (Å²) in [6.07, 6.45) is 7.54. The molecule has 0 bridgehead atoms. The van der Waals surface area contributed by atoms with E-state index in [2.05, 4.69) is 29.7 Å². The van der Waals surface area contributed by atoms with Crippen molar-refractivity contribution < 1.29 is 0 Å². The summed E-state index contributed by atoms with van der Waals surface area (Å²) in [4.78, 5) is 15.7. The smallest absolute Gasteiger partial charge is 0.127 e. The molecule has 1 unspecified atom stereocenters. The topological polar surface area (TPSA) is 58.9 Å². The minimum absolute atomic E-state index is 0. The molecule has 0 aromatic carbocycles. The molecule has 0 amide bonds. The lowest BCUT2D eigenvalue weighted by Gasteiger charge is -2.35. The molecule has 1 N–H and O–H groups in total. The second kappa shape index (κ2) is 8.43. The largest absolute Gasteiger partial charge is 0.337 e. The van der Waals surface area contributed by atoms with E-state index >= 15 is 0 Å². The SMILES string of the molecule is Cc1cnc(CN2CCNCC2c2nccn2C)cn1.Cl.Cl. The maximum Gasteiger partial charge on any atom is 0.127 e. The van der Waals surface area contributed by atoms with Crippen molar-refractivity contribution in [2.24, 2.45) is 7.05 Å². The molecule has 0 spiro atoms. The molecule has 3 rings (SSSR count). The fraction of sp³-hybridized carbons (Fsp3) is 0.500. The van der Waals surface area contributed by atoms with Gasteiger partial charge in [-0.1, -0.05) is 0 Å². The van der Waals surface area contributed by atoms with Crippen molar-refractivity contribution in [1.82, 2.24) is 29.7 Å². The lowest BCUT2D eigenvalue weighted by molar-refractivity contribution is 0.143. The Balaban J connectivity index is 0.00000121. The minimum atomic E-state index is 0. The summed E-state index contributed by atoms with van der Waals surface area (Å²) in [5, 5.41) is 3.44. The number of halogens is 2. The van der Waals surface area contributed by atoms with Gasteiger partial charge in [-0.05, 0) is 6.92 Å². The molecule has 0 saturated carbocycles. The van der Waals surface area contributed by atoms with Crippen molar-refractivity contribution in [1.29, 1.82) is 0 Å². The Labute approximate surface area is 143 Å². The van der Waals surface area contributed by atoms with Crippen LogP contribution in [0.25, 0.3) is 0 Å². The third kappa shape index (κ3) is 4.16. The van der Waals surface area contributed by atoms with Gasteiger partial charge < -0.3 is 9.88 Å². The zero-order valence-electron chi connectivity index (χ0n) is 12.8. The van der Waals surface area contributed by atoms with E-state index < -0.39 is 0 Å². The van der Waals surface area contributed by atoms with Gasteiger partial charge in [-0.15, -0.1) is 24.8 Å². The molecule has 1 aliphatic rings. The van der Waals surface area contributed by atoms with Crippen LogP contribution >= 0.6 is 24.8 Å². The number of aromatic nitrogens is 4. The minimum Gasteiger partial charge on any atom is -0.337 e. The predicted molar refractivity (Wildman–Crippen MR) is 90.5 cm³/mol.